The summed E-state index contributed by atoms with van der Waals surface area (Å²) >= 11 is 0. The van der Waals surface area contributed by atoms with Gasteiger partial charge in [0.25, 0.3) is 0 Å². The van der Waals surface area contributed by atoms with Crippen LogP contribution in [-0.4, -0.2) is 17.6 Å². The van der Waals surface area contributed by atoms with Crippen LogP contribution in [0.4, 0.5) is 5.82 Å². The summed E-state index contributed by atoms with van der Waals surface area (Å²) in [5, 5.41) is 3.27. The van der Waals surface area contributed by atoms with E-state index in [0.717, 1.165) is 30.8 Å². The number of hydrogen-bond acceptors (Lipinski definition) is 3. The molecule has 3 heteroatoms. The molecule has 0 spiro atoms. The number of aromatic nitrogens is 1. The highest BCUT2D eigenvalue weighted by atomic mass is 16.5. The maximum Gasteiger partial charge on any atom is 0.125 e. The predicted molar refractivity (Wildman–Crippen MR) is 86.0 cm³/mol. The van der Waals surface area contributed by atoms with Crippen molar-refractivity contribution < 1.29 is 4.74 Å². The molecule has 3 nitrogen and oxygen atoms in total. The third kappa shape index (κ3) is 7.49. The fourth-order valence-corrected chi connectivity index (χ4v) is 2.05. The molecule has 1 N–H and O–H groups in total. The summed E-state index contributed by atoms with van der Waals surface area (Å²) in [4.78, 5) is 4.39. The smallest absolute Gasteiger partial charge is 0.125 e. The SMILES string of the molecule is CCCCCCC(C)OCc1ccc(NCCC)nc1. The second-order valence-corrected chi connectivity index (χ2v) is 5.45. The van der Waals surface area contributed by atoms with E-state index in [1.165, 1.54) is 25.7 Å². The number of pyridine rings is 1. The van der Waals surface area contributed by atoms with Crippen molar-refractivity contribution in [1.29, 1.82) is 0 Å². The number of nitrogens with one attached hydrogen (secondary N) is 1. The minimum Gasteiger partial charge on any atom is -0.374 e. The lowest BCUT2D eigenvalue weighted by Gasteiger charge is -2.13. The second kappa shape index (κ2) is 10.7. The Morgan fingerprint density at radius 2 is 2.00 bits per heavy atom. The van der Waals surface area contributed by atoms with Crippen LogP contribution in [0.25, 0.3) is 0 Å². The number of ether oxygens (including phenoxy) is 1. The first-order valence-electron chi connectivity index (χ1n) is 8.06. The number of hydrogen-bond donors (Lipinski definition) is 1. The van der Waals surface area contributed by atoms with Gasteiger partial charge < -0.3 is 10.1 Å². The number of rotatable bonds is 11. The van der Waals surface area contributed by atoms with E-state index in [-0.39, 0.29) is 0 Å². The average molecular weight is 278 g/mol. The van der Waals surface area contributed by atoms with Gasteiger partial charge in [0, 0.05) is 12.7 Å². The van der Waals surface area contributed by atoms with Crippen LogP contribution in [0.1, 0.15) is 64.9 Å². The van der Waals surface area contributed by atoms with Crippen molar-refractivity contribution in [2.75, 3.05) is 11.9 Å². The zero-order chi connectivity index (χ0) is 14.6. The Labute approximate surface area is 124 Å². The quantitative estimate of drug-likeness (QED) is 0.591. The number of unbranched alkanes of at least 4 members (excludes halogenated alkanes) is 3. The van der Waals surface area contributed by atoms with Gasteiger partial charge in [-0.15, -0.1) is 0 Å². The summed E-state index contributed by atoms with van der Waals surface area (Å²) in [6, 6.07) is 4.12. The molecule has 0 aliphatic rings. The first kappa shape index (κ1) is 17.0. The van der Waals surface area contributed by atoms with E-state index in [1.54, 1.807) is 0 Å². The van der Waals surface area contributed by atoms with Gasteiger partial charge in [0.1, 0.15) is 5.82 Å². The fourth-order valence-electron chi connectivity index (χ4n) is 2.05. The van der Waals surface area contributed by atoms with Gasteiger partial charge in [-0.2, -0.15) is 0 Å². The molecule has 1 atom stereocenters. The number of nitrogens with zero attached hydrogens (tertiary/aromatic N) is 1. The lowest BCUT2D eigenvalue weighted by atomic mass is 10.1. The second-order valence-electron chi connectivity index (χ2n) is 5.45. The standard InChI is InChI=1S/C17H30N2O/c1-4-6-7-8-9-15(3)20-14-16-10-11-17(19-13-16)18-12-5-2/h10-11,13,15H,4-9,12,14H2,1-3H3,(H,18,19). The summed E-state index contributed by atoms with van der Waals surface area (Å²) < 4.78 is 5.87. The van der Waals surface area contributed by atoms with Gasteiger partial charge in [-0.3, -0.25) is 0 Å². The summed E-state index contributed by atoms with van der Waals surface area (Å²) in [7, 11) is 0. The Morgan fingerprint density at radius 3 is 2.65 bits per heavy atom. The molecule has 0 aliphatic carbocycles. The molecule has 1 rings (SSSR count). The molecule has 20 heavy (non-hydrogen) atoms. The van der Waals surface area contributed by atoms with Crippen LogP contribution in [0.5, 0.6) is 0 Å². The Bertz CT molecular complexity index is 337. The number of anilines is 1. The van der Waals surface area contributed by atoms with Crippen molar-refractivity contribution >= 4 is 5.82 Å². The zero-order valence-electron chi connectivity index (χ0n) is 13.3. The molecular weight excluding hydrogens is 248 g/mol. The summed E-state index contributed by atoms with van der Waals surface area (Å²) in [5.41, 5.74) is 1.15. The molecule has 1 heterocycles. The molecule has 0 amide bonds. The fraction of sp³-hybridized carbons (Fsp3) is 0.706. The van der Waals surface area contributed by atoms with Gasteiger partial charge in [0.2, 0.25) is 0 Å². The highest BCUT2D eigenvalue weighted by molar-refractivity contribution is 5.35. The van der Waals surface area contributed by atoms with Crippen LogP contribution in [0.15, 0.2) is 18.3 Å². The van der Waals surface area contributed by atoms with Crippen LogP contribution in [0.2, 0.25) is 0 Å². The Balaban J connectivity index is 2.20. The average Bonchev–Trinajstić information content (AvgIpc) is 2.48. The zero-order valence-corrected chi connectivity index (χ0v) is 13.3. The molecule has 114 valence electrons. The van der Waals surface area contributed by atoms with E-state index in [2.05, 4.69) is 37.1 Å². The van der Waals surface area contributed by atoms with Gasteiger partial charge in [-0.05, 0) is 31.4 Å². The van der Waals surface area contributed by atoms with Crippen LogP contribution >= 0.6 is 0 Å². The molecule has 0 fully saturated rings. The molecule has 0 bridgehead atoms. The molecule has 0 saturated carbocycles. The third-order valence-electron chi connectivity index (χ3n) is 3.38. The molecular formula is C17H30N2O. The summed E-state index contributed by atoms with van der Waals surface area (Å²) in [6.45, 7) is 8.19. The monoisotopic (exact) mass is 278 g/mol. The summed E-state index contributed by atoms with van der Waals surface area (Å²) in [6.07, 6.45) is 9.73. The molecule has 1 unspecified atom stereocenters. The van der Waals surface area contributed by atoms with Crippen LogP contribution in [-0.2, 0) is 11.3 Å². The minimum atomic E-state index is 0.338. The largest absolute Gasteiger partial charge is 0.374 e. The van der Waals surface area contributed by atoms with Crippen molar-refractivity contribution in [2.24, 2.45) is 0 Å². The van der Waals surface area contributed by atoms with Crippen molar-refractivity contribution in [1.82, 2.24) is 4.98 Å². The van der Waals surface area contributed by atoms with Gasteiger partial charge in [-0.25, -0.2) is 4.98 Å². The maximum absolute atomic E-state index is 5.87. The Hall–Kier alpha value is -1.09. The van der Waals surface area contributed by atoms with Crippen molar-refractivity contribution in [3.05, 3.63) is 23.9 Å². The molecule has 0 aliphatic heterocycles. The lowest BCUT2D eigenvalue weighted by molar-refractivity contribution is 0.0457. The Morgan fingerprint density at radius 1 is 1.15 bits per heavy atom. The molecule has 0 saturated heterocycles. The first-order chi connectivity index (χ1) is 9.76. The lowest BCUT2D eigenvalue weighted by Crippen LogP contribution is -2.08. The highest BCUT2D eigenvalue weighted by Crippen LogP contribution is 2.11. The van der Waals surface area contributed by atoms with Crippen LogP contribution < -0.4 is 5.32 Å². The van der Waals surface area contributed by atoms with E-state index in [9.17, 15) is 0 Å². The van der Waals surface area contributed by atoms with Crippen LogP contribution in [0.3, 0.4) is 0 Å². The van der Waals surface area contributed by atoms with Crippen molar-refractivity contribution in [3.8, 4) is 0 Å². The normalized spacial score (nSPS) is 12.3. The predicted octanol–water partition coefficient (Wildman–Crippen LogP) is 4.78. The molecule has 0 radical (unpaired) electrons. The molecule has 1 aromatic rings. The first-order valence-corrected chi connectivity index (χ1v) is 8.06. The van der Waals surface area contributed by atoms with Gasteiger partial charge in [-0.1, -0.05) is 45.6 Å². The van der Waals surface area contributed by atoms with Crippen molar-refractivity contribution in [2.45, 2.75) is 72.0 Å². The highest BCUT2D eigenvalue weighted by Gasteiger charge is 2.03. The van der Waals surface area contributed by atoms with E-state index in [4.69, 9.17) is 4.74 Å². The third-order valence-corrected chi connectivity index (χ3v) is 3.38. The van der Waals surface area contributed by atoms with E-state index in [0.29, 0.717) is 12.7 Å². The summed E-state index contributed by atoms with van der Waals surface area (Å²) in [5.74, 6) is 0.947. The molecule has 0 aromatic carbocycles. The maximum atomic E-state index is 5.87. The minimum absolute atomic E-state index is 0.338. The van der Waals surface area contributed by atoms with Gasteiger partial charge in [0.05, 0.1) is 12.7 Å². The van der Waals surface area contributed by atoms with E-state index < -0.39 is 0 Å². The van der Waals surface area contributed by atoms with Crippen molar-refractivity contribution in [3.63, 3.8) is 0 Å². The molecule has 1 aromatic heterocycles. The van der Waals surface area contributed by atoms with E-state index >= 15 is 0 Å². The Kier molecular flexibility index (Phi) is 9.05. The van der Waals surface area contributed by atoms with E-state index in [1.807, 2.05) is 12.3 Å². The van der Waals surface area contributed by atoms with Crippen LogP contribution in [0, 0.1) is 0 Å². The van der Waals surface area contributed by atoms with Gasteiger partial charge in [0.15, 0.2) is 0 Å². The topological polar surface area (TPSA) is 34.1 Å². The van der Waals surface area contributed by atoms with Gasteiger partial charge >= 0.3 is 0 Å².